The first-order valence-electron chi connectivity index (χ1n) is 7.04. The van der Waals surface area contributed by atoms with Crippen LogP contribution in [0.3, 0.4) is 0 Å². The molecule has 0 aromatic carbocycles. The lowest BCUT2D eigenvalue weighted by Crippen LogP contribution is -2.47. The summed E-state index contributed by atoms with van der Waals surface area (Å²) in [5.74, 6) is 0.337. The van der Waals surface area contributed by atoms with E-state index in [0.717, 1.165) is 38.9 Å². The fourth-order valence-electron chi connectivity index (χ4n) is 3.03. The summed E-state index contributed by atoms with van der Waals surface area (Å²) in [7, 11) is 0. The van der Waals surface area contributed by atoms with Crippen LogP contribution >= 0.6 is 0 Å². The predicted molar refractivity (Wildman–Crippen MR) is 67.6 cm³/mol. The third kappa shape index (κ3) is 3.11. The summed E-state index contributed by atoms with van der Waals surface area (Å²) in [4.78, 5) is 12.3. The van der Waals surface area contributed by atoms with Crippen molar-refractivity contribution in [2.75, 3.05) is 26.4 Å². The van der Waals surface area contributed by atoms with E-state index in [1.807, 2.05) is 13.8 Å². The highest BCUT2D eigenvalue weighted by Crippen LogP contribution is 2.37. The fourth-order valence-corrected chi connectivity index (χ4v) is 3.03. The molecule has 2 heterocycles. The van der Waals surface area contributed by atoms with Crippen molar-refractivity contribution in [2.24, 2.45) is 5.92 Å². The van der Waals surface area contributed by atoms with E-state index in [4.69, 9.17) is 14.2 Å². The van der Waals surface area contributed by atoms with Crippen molar-refractivity contribution in [1.29, 1.82) is 0 Å². The Bertz CT molecular complexity index is 278. The van der Waals surface area contributed by atoms with Gasteiger partial charge in [0, 0.05) is 32.3 Å². The van der Waals surface area contributed by atoms with Crippen molar-refractivity contribution < 1.29 is 19.0 Å². The van der Waals surface area contributed by atoms with Gasteiger partial charge in [0.1, 0.15) is 6.10 Å². The average molecular weight is 256 g/mol. The monoisotopic (exact) mass is 256 g/mol. The lowest BCUT2D eigenvalue weighted by Gasteiger charge is -2.43. The van der Waals surface area contributed by atoms with Gasteiger partial charge in [-0.25, -0.2) is 0 Å². The molecule has 0 N–H and O–H groups in total. The summed E-state index contributed by atoms with van der Waals surface area (Å²) in [6.45, 7) is 6.57. The van der Waals surface area contributed by atoms with Crippen LogP contribution in [0.5, 0.6) is 0 Å². The van der Waals surface area contributed by atoms with Crippen LogP contribution in [0.1, 0.15) is 39.5 Å². The molecule has 2 atom stereocenters. The Kier molecular flexibility index (Phi) is 4.76. The van der Waals surface area contributed by atoms with Crippen LogP contribution in [-0.4, -0.2) is 43.9 Å². The second kappa shape index (κ2) is 6.13. The predicted octanol–water partition coefficient (Wildman–Crippen LogP) is 1.96. The number of carbonyl (C=O) groups is 1. The molecule has 0 bridgehead atoms. The molecule has 0 aromatic rings. The molecule has 2 saturated heterocycles. The van der Waals surface area contributed by atoms with Gasteiger partial charge in [-0.1, -0.05) is 0 Å². The van der Waals surface area contributed by atoms with Crippen LogP contribution < -0.4 is 0 Å². The lowest BCUT2D eigenvalue weighted by atomic mass is 9.78. The summed E-state index contributed by atoms with van der Waals surface area (Å²) in [6.07, 6.45) is 3.22. The van der Waals surface area contributed by atoms with Gasteiger partial charge < -0.3 is 14.2 Å². The maximum absolute atomic E-state index is 12.3. The summed E-state index contributed by atoms with van der Waals surface area (Å²) in [5, 5.41) is 0. The Morgan fingerprint density at radius 3 is 2.78 bits per heavy atom. The highest BCUT2D eigenvalue weighted by atomic mass is 16.5. The van der Waals surface area contributed by atoms with E-state index in [1.165, 1.54) is 0 Å². The van der Waals surface area contributed by atoms with Crippen molar-refractivity contribution in [3.8, 4) is 0 Å². The van der Waals surface area contributed by atoms with E-state index in [9.17, 15) is 4.79 Å². The van der Waals surface area contributed by atoms with Gasteiger partial charge in [0.05, 0.1) is 5.60 Å². The standard InChI is InChI=1S/C14H24O4/c1-3-17-11(2)13(15)12-4-7-18-14(10-12)5-8-16-9-6-14/h11-12H,3-10H2,1-2H3. The zero-order valence-electron chi connectivity index (χ0n) is 11.4. The van der Waals surface area contributed by atoms with Crippen LogP contribution in [0, 0.1) is 5.92 Å². The number of ether oxygens (including phenoxy) is 3. The van der Waals surface area contributed by atoms with Crippen molar-refractivity contribution in [3.63, 3.8) is 0 Å². The number of rotatable bonds is 4. The fraction of sp³-hybridized carbons (Fsp3) is 0.929. The molecule has 0 saturated carbocycles. The molecule has 0 radical (unpaired) electrons. The number of hydrogen-bond donors (Lipinski definition) is 0. The second-order valence-corrected chi connectivity index (χ2v) is 5.33. The minimum atomic E-state index is -0.282. The van der Waals surface area contributed by atoms with Crippen molar-refractivity contribution >= 4 is 5.78 Å². The van der Waals surface area contributed by atoms with Gasteiger partial charge in [-0.3, -0.25) is 4.79 Å². The zero-order valence-corrected chi connectivity index (χ0v) is 11.4. The maximum atomic E-state index is 12.3. The molecule has 2 aliphatic heterocycles. The Morgan fingerprint density at radius 1 is 1.39 bits per heavy atom. The smallest absolute Gasteiger partial charge is 0.164 e. The molecule has 2 fully saturated rings. The van der Waals surface area contributed by atoms with Gasteiger partial charge in [-0.15, -0.1) is 0 Å². The van der Waals surface area contributed by atoms with Gasteiger partial charge >= 0.3 is 0 Å². The first kappa shape index (κ1) is 14.0. The molecule has 2 unspecified atom stereocenters. The van der Waals surface area contributed by atoms with Gasteiger partial charge in [-0.2, -0.15) is 0 Å². The quantitative estimate of drug-likeness (QED) is 0.771. The summed E-state index contributed by atoms with van der Waals surface area (Å²) >= 11 is 0. The van der Waals surface area contributed by atoms with E-state index in [-0.39, 0.29) is 23.4 Å². The molecule has 4 nitrogen and oxygen atoms in total. The largest absolute Gasteiger partial charge is 0.381 e. The molecule has 0 aromatic heterocycles. The summed E-state index contributed by atoms with van der Waals surface area (Å²) in [5.41, 5.74) is -0.108. The van der Waals surface area contributed by atoms with Gasteiger partial charge in [0.25, 0.3) is 0 Å². The number of Topliss-reactive ketones (excluding diaryl/α,β-unsaturated/α-hetero) is 1. The SMILES string of the molecule is CCOC(C)C(=O)C1CCOC2(CCOCC2)C1. The van der Waals surface area contributed by atoms with Crippen molar-refractivity contribution in [2.45, 2.75) is 51.2 Å². The van der Waals surface area contributed by atoms with Crippen molar-refractivity contribution in [3.05, 3.63) is 0 Å². The molecule has 0 amide bonds. The molecule has 2 rings (SSSR count). The van der Waals surface area contributed by atoms with E-state index < -0.39 is 0 Å². The number of ketones is 1. The maximum Gasteiger partial charge on any atom is 0.164 e. The first-order valence-corrected chi connectivity index (χ1v) is 7.04. The molecule has 18 heavy (non-hydrogen) atoms. The highest BCUT2D eigenvalue weighted by Gasteiger charge is 2.41. The average Bonchev–Trinajstić information content (AvgIpc) is 2.39. The molecular weight excluding hydrogens is 232 g/mol. The van der Waals surface area contributed by atoms with Crippen LogP contribution in [0.2, 0.25) is 0 Å². The molecule has 104 valence electrons. The normalized spacial score (nSPS) is 29.1. The topological polar surface area (TPSA) is 44.8 Å². The third-order valence-electron chi connectivity index (χ3n) is 4.12. The Labute approximate surface area is 109 Å². The highest BCUT2D eigenvalue weighted by molar-refractivity contribution is 5.85. The minimum Gasteiger partial charge on any atom is -0.381 e. The van der Waals surface area contributed by atoms with Gasteiger partial charge in [0.15, 0.2) is 5.78 Å². The van der Waals surface area contributed by atoms with E-state index in [2.05, 4.69) is 0 Å². The van der Waals surface area contributed by atoms with Crippen LogP contribution in [-0.2, 0) is 19.0 Å². The van der Waals surface area contributed by atoms with Crippen LogP contribution in [0.4, 0.5) is 0 Å². The minimum absolute atomic E-state index is 0.0957. The molecule has 1 spiro atoms. The number of carbonyl (C=O) groups excluding carboxylic acids is 1. The van der Waals surface area contributed by atoms with Crippen molar-refractivity contribution in [1.82, 2.24) is 0 Å². The van der Waals surface area contributed by atoms with E-state index in [1.54, 1.807) is 0 Å². The van der Waals surface area contributed by atoms with E-state index >= 15 is 0 Å². The zero-order chi connectivity index (χ0) is 13.0. The van der Waals surface area contributed by atoms with E-state index in [0.29, 0.717) is 13.2 Å². The lowest BCUT2D eigenvalue weighted by molar-refractivity contribution is -0.162. The first-order chi connectivity index (χ1) is 8.67. The Morgan fingerprint density at radius 2 is 2.11 bits per heavy atom. The molecule has 4 heteroatoms. The van der Waals surface area contributed by atoms with Crippen LogP contribution in [0.15, 0.2) is 0 Å². The molecule has 0 aliphatic carbocycles. The molecule has 2 aliphatic rings. The molecular formula is C14H24O4. The van der Waals surface area contributed by atoms with Gasteiger partial charge in [0.2, 0.25) is 0 Å². The number of hydrogen-bond acceptors (Lipinski definition) is 4. The van der Waals surface area contributed by atoms with Gasteiger partial charge in [-0.05, 0) is 39.5 Å². The summed E-state index contributed by atoms with van der Waals surface area (Å²) < 4.78 is 16.8. The Hall–Kier alpha value is -0.450. The summed E-state index contributed by atoms with van der Waals surface area (Å²) in [6, 6.07) is 0. The van der Waals surface area contributed by atoms with Crippen LogP contribution in [0.25, 0.3) is 0 Å². The second-order valence-electron chi connectivity index (χ2n) is 5.33. The Balaban J connectivity index is 1.95. The third-order valence-corrected chi connectivity index (χ3v) is 4.12.